The third-order valence-corrected chi connectivity index (χ3v) is 2.74. The van der Waals surface area contributed by atoms with E-state index in [0.29, 0.717) is 6.42 Å². The molecule has 0 aliphatic rings. The molecular formula is C14H21BrN2O2. The molecule has 0 aromatic heterocycles. The van der Waals surface area contributed by atoms with Crippen molar-refractivity contribution < 1.29 is 9.53 Å². The predicted molar refractivity (Wildman–Crippen MR) is 81.4 cm³/mol. The van der Waals surface area contributed by atoms with Crippen LogP contribution in [0.4, 0.5) is 10.5 Å². The third kappa shape index (κ3) is 6.07. The lowest BCUT2D eigenvalue weighted by Gasteiger charge is -2.21. The minimum absolute atomic E-state index is 0.0281. The molecule has 1 rings (SSSR count). The summed E-state index contributed by atoms with van der Waals surface area (Å²) in [6.45, 7) is 7.42. The molecule has 0 radical (unpaired) electrons. The summed E-state index contributed by atoms with van der Waals surface area (Å²) in [4.78, 5) is 11.8. The molecule has 4 nitrogen and oxygen atoms in total. The van der Waals surface area contributed by atoms with Crippen LogP contribution in [-0.2, 0) is 11.2 Å². The Morgan fingerprint density at radius 3 is 2.63 bits per heavy atom. The molecule has 106 valence electrons. The molecule has 0 unspecified atom stereocenters. The molecule has 1 atom stereocenters. The van der Waals surface area contributed by atoms with Gasteiger partial charge in [0.15, 0.2) is 0 Å². The number of halogens is 1. The number of hydrogen-bond acceptors (Lipinski definition) is 3. The normalized spacial score (nSPS) is 12.9. The first-order valence-corrected chi connectivity index (χ1v) is 7.00. The fourth-order valence-corrected chi connectivity index (χ4v) is 1.96. The van der Waals surface area contributed by atoms with Crippen LogP contribution >= 0.6 is 15.9 Å². The van der Waals surface area contributed by atoms with E-state index in [1.165, 1.54) is 0 Å². The zero-order chi connectivity index (χ0) is 14.6. The van der Waals surface area contributed by atoms with Gasteiger partial charge in [-0.05, 0) is 51.8 Å². The van der Waals surface area contributed by atoms with Gasteiger partial charge in [-0.15, -0.1) is 0 Å². The lowest BCUT2D eigenvalue weighted by molar-refractivity contribution is 0.0635. The second kappa shape index (κ2) is 6.39. The molecule has 1 aromatic carbocycles. The van der Waals surface area contributed by atoms with Crippen LogP contribution in [-0.4, -0.2) is 17.7 Å². The lowest BCUT2D eigenvalue weighted by Crippen LogP contribution is -2.28. The largest absolute Gasteiger partial charge is 0.444 e. The zero-order valence-electron chi connectivity index (χ0n) is 11.8. The van der Waals surface area contributed by atoms with E-state index in [0.717, 1.165) is 15.7 Å². The highest BCUT2D eigenvalue weighted by molar-refractivity contribution is 9.10. The Balaban J connectivity index is 2.86. The van der Waals surface area contributed by atoms with Gasteiger partial charge in [-0.1, -0.05) is 22.0 Å². The Morgan fingerprint density at radius 2 is 2.11 bits per heavy atom. The molecule has 0 saturated heterocycles. The Kier molecular flexibility index (Phi) is 5.38. The summed E-state index contributed by atoms with van der Waals surface area (Å²) in [5.41, 5.74) is 7.00. The summed E-state index contributed by atoms with van der Waals surface area (Å²) in [5.74, 6) is 0. The van der Waals surface area contributed by atoms with E-state index in [-0.39, 0.29) is 6.04 Å². The molecular weight excluding hydrogens is 308 g/mol. The number of ether oxygens (including phenoxy) is 1. The van der Waals surface area contributed by atoms with Crippen molar-refractivity contribution in [2.45, 2.75) is 45.8 Å². The van der Waals surface area contributed by atoms with E-state index in [1.807, 2.05) is 45.9 Å². The standard InChI is InChI=1S/C14H21BrN2O2/c1-9(16)7-10-5-6-11(15)8-12(10)17-13(18)19-14(2,3)4/h5-6,8-9H,7,16H2,1-4H3,(H,17,18)/t9-/m0/s1. The Morgan fingerprint density at radius 1 is 1.47 bits per heavy atom. The third-order valence-electron chi connectivity index (χ3n) is 2.25. The van der Waals surface area contributed by atoms with E-state index in [4.69, 9.17) is 10.5 Å². The van der Waals surface area contributed by atoms with Crippen molar-refractivity contribution in [3.05, 3.63) is 28.2 Å². The fourth-order valence-electron chi connectivity index (χ4n) is 1.60. The Hall–Kier alpha value is -1.07. The van der Waals surface area contributed by atoms with Crippen LogP contribution in [0.15, 0.2) is 22.7 Å². The predicted octanol–water partition coefficient (Wildman–Crippen LogP) is 3.69. The quantitative estimate of drug-likeness (QED) is 0.889. The topological polar surface area (TPSA) is 64.3 Å². The minimum Gasteiger partial charge on any atom is -0.444 e. The van der Waals surface area contributed by atoms with Crippen molar-refractivity contribution in [1.82, 2.24) is 0 Å². The van der Waals surface area contributed by atoms with Crippen LogP contribution < -0.4 is 11.1 Å². The Labute approximate surface area is 122 Å². The first-order chi connectivity index (χ1) is 8.67. The number of carbonyl (C=O) groups excluding carboxylic acids is 1. The maximum absolute atomic E-state index is 11.8. The molecule has 5 heteroatoms. The van der Waals surface area contributed by atoms with Gasteiger partial charge < -0.3 is 10.5 Å². The Bertz CT molecular complexity index is 453. The number of nitrogens with two attached hydrogens (primary N) is 1. The van der Waals surface area contributed by atoms with Crippen molar-refractivity contribution in [2.24, 2.45) is 5.73 Å². The van der Waals surface area contributed by atoms with Crippen LogP contribution in [0.3, 0.4) is 0 Å². The summed E-state index contributed by atoms with van der Waals surface area (Å²) in [5, 5.41) is 2.77. The second-order valence-corrected chi connectivity index (χ2v) is 6.53. The highest BCUT2D eigenvalue weighted by atomic mass is 79.9. The van der Waals surface area contributed by atoms with Gasteiger partial charge in [0.25, 0.3) is 0 Å². The van der Waals surface area contributed by atoms with E-state index >= 15 is 0 Å². The maximum atomic E-state index is 11.8. The van der Waals surface area contributed by atoms with Crippen LogP contribution in [0.1, 0.15) is 33.3 Å². The van der Waals surface area contributed by atoms with E-state index < -0.39 is 11.7 Å². The number of benzene rings is 1. The summed E-state index contributed by atoms with van der Waals surface area (Å²) >= 11 is 3.39. The van der Waals surface area contributed by atoms with E-state index in [9.17, 15) is 4.79 Å². The van der Waals surface area contributed by atoms with Gasteiger partial charge in [0, 0.05) is 16.2 Å². The van der Waals surface area contributed by atoms with Crippen molar-refractivity contribution in [3.8, 4) is 0 Å². The van der Waals surface area contributed by atoms with Crippen LogP contribution in [0.5, 0.6) is 0 Å². The molecule has 1 amide bonds. The molecule has 3 N–H and O–H groups in total. The van der Waals surface area contributed by atoms with Crippen molar-refractivity contribution in [1.29, 1.82) is 0 Å². The SMILES string of the molecule is C[C@H](N)Cc1ccc(Br)cc1NC(=O)OC(C)(C)C. The summed E-state index contributed by atoms with van der Waals surface area (Å²) in [6, 6.07) is 5.75. The maximum Gasteiger partial charge on any atom is 0.412 e. The van der Waals surface area contributed by atoms with Gasteiger partial charge in [-0.2, -0.15) is 0 Å². The van der Waals surface area contributed by atoms with Crippen LogP contribution in [0.25, 0.3) is 0 Å². The number of anilines is 1. The van der Waals surface area contributed by atoms with Gasteiger partial charge in [-0.25, -0.2) is 4.79 Å². The number of rotatable bonds is 3. The summed E-state index contributed by atoms with van der Waals surface area (Å²) in [6.07, 6.45) is 0.231. The molecule has 0 heterocycles. The van der Waals surface area contributed by atoms with Crippen molar-refractivity contribution >= 4 is 27.7 Å². The van der Waals surface area contributed by atoms with Gasteiger partial charge in [0.2, 0.25) is 0 Å². The smallest absolute Gasteiger partial charge is 0.412 e. The first-order valence-electron chi connectivity index (χ1n) is 6.21. The molecule has 0 bridgehead atoms. The van der Waals surface area contributed by atoms with Gasteiger partial charge >= 0.3 is 6.09 Å². The second-order valence-electron chi connectivity index (χ2n) is 5.61. The molecule has 0 aliphatic carbocycles. The monoisotopic (exact) mass is 328 g/mol. The van der Waals surface area contributed by atoms with Crippen molar-refractivity contribution in [2.75, 3.05) is 5.32 Å². The fraction of sp³-hybridized carbons (Fsp3) is 0.500. The molecule has 0 aliphatic heterocycles. The van der Waals surface area contributed by atoms with E-state index in [1.54, 1.807) is 0 Å². The molecule has 0 saturated carbocycles. The summed E-state index contributed by atoms with van der Waals surface area (Å²) < 4.78 is 6.14. The number of nitrogens with one attached hydrogen (secondary N) is 1. The average molecular weight is 329 g/mol. The number of carbonyl (C=O) groups is 1. The zero-order valence-corrected chi connectivity index (χ0v) is 13.4. The van der Waals surface area contributed by atoms with Crippen LogP contribution in [0.2, 0.25) is 0 Å². The molecule has 0 fully saturated rings. The summed E-state index contributed by atoms with van der Waals surface area (Å²) in [7, 11) is 0. The lowest BCUT2D eigenvalue weighted by atomic mass is 10.1. The van der Waals surface area contributed by atoms with Gasteiger partial charge in [0.05, 0.1) is 0 Å². The van der Waals surface area contributed by atoms with Crippen molar-refractivity contribution in [3.63, 3.8) is 0 Å². The number of hydrogen-bond donors (Lipinski definition) is 2. The molecule has 1 aromatic rings. The first kappa shape index (κ1) is 16.0. The van der Waals surface area contributed by atoms with Crippen LogP contribution in [0, 0.1) is 0 Å². The highest BCUT2D eigenvalue weighted by Gasteiger charge is 2.17. The van der Waals surface area contributed by atoms with Gasteiger partial charge in [-0.3, -0.25) is 5.32 Å². The number of amides is 1. The highest BCUT2D eigenvalue weighted by Crippen LogP contribution is 2.23. The molecule has 19 heavy (non-hydrogen) atoms. The van der Waals surface area contributed by atoms with E-state index in [2.05, 4.69) is 21.2 Å². The minimum atomic E-state index is -0.516. The average Bonchev–Trinajstić information content (AvgIpc) is 2.18. The van der Waals surface area contributed by atoms with Gasteiger partial charge in [0.1, 0.15) is 5.60 Å². The molecule has 0 spiro atoms.